The molecule has 0 spiro atoms. The second-order valence-electron chi connectivity index (χ2n) is 11.3. The third-order valence-electron chi connectivity index (χ3n) is 7.21. The summed E-state index contributed by atoms with van der Waals surface area (Å²) in [6.07, 6.45) is 0.242. The second kappa shape index (κ2) is 15.6. The number of aryl methyl sites for hydroxylation is 1. The van der Waals surface area contributed by atoms with Crippen LogP contribution in [-0.2, 0) is 32.6 Å². The van der Waals surface area contributed by atoms with Crippen LogP contribution in [0.5, 0.6) is 0 Å². The van der Waals surface area contributed by atoms with E-state index in [9.17, 15) is 18.0 Å². The fraction of sp³-hybridized carbons (Fsp3) is 0.257. The van der Waals surface area contributed by atoms with Gasteiger partial charge in [-0.2, -0.15) is 0 Å². The Morgan fingerprint density at radius 2 is 1.53 bits per heavy atom. The molecular formula is C35H37BrClN3O4S. The molecule has 4 aromatic rings. The van der Waals surface area contributed by atoms with Crippen LogP contribution in [0.25, 0.3) is 0 Å². The van der Waals surface area contributed by atoms with E-state index in [0.29, 0.717) is 21.7 Å². The van der Waals surface area contributed by atoms with Gasteiger partial charge in [-0.25, -0.2) is 8.42 Å². The SMILES string of the molecule is Cc1ccc(S(=O)(=O)N(CC(=O)N(Cc2ccc(Cl)cc2)[C@@H](Cc2ccccc2)C(=O)NCC(C)C)c2cccc(Br)c2)cc1. The van der Waals surface area contributed by atoms with Crippen LogP contribution in [0, 0.1) is 12.8 Å². The fourth-order valence-electron chi connectivity index (χ4n) is 4.76. The monoisotopic (exact) mass is 709 g/mol. The summed E-state index contributed by atoms with van der Waals surface area (Å²) < 4.78 is 30.0. The average molecular weight is 711 g/mol. The van der Waals surface area contributed by atoms with Crippen LogP contribution in [0.4, 0.5) is 5.69 Å². The van der Waals surface area contributed by atoms with Crippen LogP contribution < -0.4 is 9.62 Å². The summed E-state index contributed by atoms with van der Waals surface area (Å²) in [5, 5.41) is 3.53. The first-order valence-electron chi connectivity index (χ1n) is 14.6. The highest BCUT2D eigenvalue weighted by atomic mass is 79.9. The molecule has 0 aliphatic heterocycles. The van der Waals surface area contributed by atoms with Crippen molar-refractivity contribution < 1.29 is 18.0 Å². The van der Waals surface area contributed by atoms with Crippen molar-refractivity contribution in [2.45, 2.75) is 44.7 Å². The zero-order chi connectivity index (χ0) is 32.6. The molecule has 2 amide bonds. The predicted molar refractivity (Wildman–Crippen MR) is 184 cm³/mol. The van der Waals surface area contributed by atoms with Crippen molar-refractivity contribution in [1.82, 2.24) is 10.2 Å². The number of anilines is 1. The number of nitrogens with zero attached hydrogens (tertiary/aromatic N) is 2. The van der Waals surface area contributed by atoms with Crippen molar-refractivity contribution in [2.24, 2.45) is 5.92 Å². The Labute approximate surface area is 279 Å². The van der Waals surface area contributed by atoms with E-state index in [1.807, 2.05) is 51.1 Å². The maximum Gasteiger partial charge on any atom is 0.264 e. The number of halogens is 2. The number of hydrogen-bond donors (Lipinski definition) is 1. The van der Waals surface area contributed by atoms with Gasteiger partial charge in [-0.1, -0.05) is 108 Å². The topological polar surface area (TPSA) is 86.8 Å². The van der Waals surface area contributed by atoms with Gasteiger partial charge >= 0.3 is 0 Å². The molecule has 1 atom stereocenters. The molecule has 1 N–H and O–H groups in total. The standard InChI is InChI=1S/C35H37BrClN3O4S/c1-25(2)22-38-35(42)33(20-27-8-5-4-6-9-27)39(23-28-14-16-30(37)17-15-28)34(41)24-40(31-11-7-10-29(36)21-31)45(43,44)32-18-12-26(3)13-19-32/h4-19,21,25,33H,20,22-24H2,1-3H3,(H,38,42)/t33-/m0/s1. The number of hydrogen-bond acceptors (Lipinski definition) is 4. The molecule has 236 valence electrons. The molecule has 45 heavy (non-hydrogen) atoms. The van der Waals surface area contributed by atoms with Gasteiger partial charge in [-0.3, -0.25) is 13.9 Å². The Kier molecular flexibility index (Phi) is 11.8. The van der Waals surface area contributed by atoms with Gasteiger partial charge in [-0.05, 0) is 66.4 Å². The molecule has 0 saturated carbocycles. The number of sulfonamides is 1. The van der Waals surface area contributed by atoms with Crippen molar-refractivity contribution in [3.8, 4) is 0 Å². The summed E-state index contributed by atoms with van der Waals surface area (Å²) in [5.41, 5.74) is 2.84. The first-order chi connectivity index (χ1) is 21.4. The van der Waals surface area contributed by atoms with Crippen molar-refractivity contribution in [3.05, 3.63) is 129 Å². The molecule has 0 fully saturated rings. The minimum absolute atomic E-state index is 0.0561. The highest BCUT2D eigenvalue weighted by molar-refractivity contribution is 9.10. The van der Waals surface area contributed by atoms with Gasteiger partial charge in [0.1, 0.15) is 12.6 Å². The summed E-state index contributed by atoms with van der Waals surface area (Å²) in [6, 6.07) is 28.9. The van der Waals surface area contributed by atoms with Gasteiger partial charge in [0.25, 0.3) is 10.0 Å². The fourth-order valence-corrected chi connectivity index (χ4v) is 6.68. The largest absolute Gasteiger partial charge is 0.354 e. The van der Waals surface area contributed by atoms with E-state index in [2.05, 4.69) is 21.2 Å². The van der Waals surface area contributed by atoms with Gasteiger partial charge < -0.3 is 10.2 Å². The van der Waals surface area contributed by atoms with Crippen molar-refractivity contribution in [2.75, 3.05) is 17.4 Å². The molecule has 0 radical (unpaired) electrons. The number of carbonyl (C=O) groups is 2. The van der Waals surface area contributed by atoms with E-state index in [-0.39, 0.29) is 29.7 Å². The van der Waals surface area contributed by atoms with Gasteiger partial charge in [-0.15, -0.1) is 0 Å². The summed E-state index contributed by atoms with van der Waals surface area (Å²) in [6.45, 7) is 5.84. The molecule has 0 aliphatic carbocycles. The molecule has 7 nitrogen and oxygen atoms in total. The molecule has 0 unspecified atom stereocenters. The van der Waals surface area contributed by atoms with Crippen LogP contribution in [-0.4, -0.2) is 44.3 Å². The van der Waals surface area contributed by atoms with Crippen molar-refractivity contribution in [3.63, 3.8) is 0 Å². The smallest absolute Gasteiger partial charge is 0.264 e. The Morgan fingerprint density at radius 3 is 2.16 bits per heavy atom. The minimum Gasteiger partial charge on any atom is -0.354 e. The molecule has 0 heterocycles. The molecule has 10 heteroatoms. The van der Waals surface area contributed by atoms with Crippen LogP contribution in [0.1, 0.15) is 30.5 Å². The lowest BCUT2D eigenvalue weighted by atomic mass is 10.0. The predicted octanol–water partition coefficient (Wildman–Crippen LogP) is 7.02. The summed E-state index contributed by atoms with van der Waals surface area (Å²) >= 11 is 9.58. The second-order valence-corrected chi connectivity index (χ2v) is 14.5. The third-order valence-corrected chi connectivity index (χ3v) is 9.74. The van der Waals surface area contributed by atoms with Gasteiger partial charge in [0.2, 0.25) is 11.8 Å². The normalized spacial score (nSPS) is 12.0. The van der Waals surface area contributed by atoms with Crippen LogP contribution in [0.15, 0.2) is 112 Å². The molecule has 4 aromatic carbocycles. The molecule has 0 aromatic heterocycles. The Hall–Kier alpha value is -3.66. The lowest BCUT2D eigenvalue weighted by molar-refractivity contribution is -0.140. The van der Waals surface area contributed by atoms with Crippen molar-refractivity contribution in [1.29, 1.82) is 0 Å². The van der Waals surface area contributed by atoms with E-state index in [4.69, 9.17) is 11.6 Å². The molecular weight excluding hydrogens is 674 g/mol. The van der Waals surface area contributed by atoms with E-state index >= 15 is 0 Å². The molecule has 0 saturated heterocycles. The number of rotatable bonds is 13. The highest BCUT2D eigenvalue weighted by Gasteiger charge is 2.34. The quantitative estimate of drug-likeness (QED) is 0.162. The van der Waals surface area contributed by atoms with Gasteiger partial charge in [0, 0.05) is 29.0 Å². The van der Waals surface area contributed by atoms with E-state index in [1.165, 1.54) is 17.0 Å². The molecule has 0 aliphatic rings. The average Bonchev–Trinajstić information content (AvgIpc) is 3.01. The number of nitrogens with one attached hydrogen (secondary N) is 1. The van der Waals surface area contributed by atoms with Crippen molar-refractivity contribution >= 4 is 55.1 Å². The number of amides is 2. The lowest BCUT2D eigenvalue weighted by Crippen LogP contribution is -2.53. The zero-order valence-electron chi connectivity index (χ0n) is 25.5. The van der Waals surface area contributed by atoms with E-state index < -0.39 is 28.5 Å². The van der Waals surface area contributed by atoms with Gasteiger partial charge in [0.15, 0.2) is 0 Å². The number of benzene rings is 4. The lowest BCUT2D eigenvalue weighted by Gasteiger charge is -2.34. The summed E-state index contributed by atoms with van der Waals surface area (Å²) in [7, 11) is -4.17. The Morgan fingerprint density at radius 1 is 0.867 bits per heavy atom. The van der Waals surface area contributed by atoms with E-state index in [0.717, 1.165) is 21.0 Å². The summed E-state index contributed by atoms with van der Waals surface area (Å²) in [4.78, 5) is 29.9. The molecule has 0 bridgehead atoms. The maximum atomic E-state index is 14.5. The van der Waals surface area contributed by atoms with Crippen LogP contribution in [0.3, 0.4) is 0 Å². The number of carbonyl (C=O) groups excluding carboxylic acids is 2. The van der Waals surface area contributed by atoms with Crippen LogP contribution in [0.2, 0.25) is 5.02 Å². The Bertz CT molecular complexity index is 1700. The Balaban J connectivity index is 1.79. The zero-order valence-corrected chi connectivity index (χ0v) is 28.6. The minimum atomic E-state index is -4.17. The maximum absolute atomic E-state index is 14.5. The van der Waals surface area contributed by atoms with E-state index in [1.54, 1.807) is 60.7 Å². The van der Waals surface area contributed by atoms with Crippen LogP contribution >= 0.6 is 27.5 Å². The molecule has 4 rings (SSSR count). The third kappa shape index (κ3) is 9.42. The van der Waals surface area contributed by atoms with Gasteiger partial charge in [0.05, 0.1) is 10.6 Å². The first kappa shape index (κ1) is 34.2. The summed E-state index contributed by atoms with van der Waals surface area (Å²) in [5.74, 6) is -0.648. The first-order valence-corrected chi connectivity index (χ1v) is 17.3. The highest BCUT2D eigenvalue weighted by Crippen LogP contribution is 2.27.